The zero-order chi connectivity index (χ0) is 33.6. The van der Waals surface area contributed by atoms with Crippen molar-refractivity contribution < 1.29 is 19.8 Å². The molecular formula is C30H36N8O6S2. The molecule has 46 heavy (non-hydrogen) atoms. The van der Waals surface area contributed by atoms with Crippen molar-refractivity contribution >= 4 is 57.9 Å². The number of aromatic hydroxyl groups is 2. The summed E-state index contributed by atoms with van der Waals surface area (Å²) in [6, 6.07) is 9.54. The van der Waals surface area contributed by atoms with Crippen LogP contribution in [0.4, 0.5) is 11.4 Å². The van der Waals surface area contributed by atoms with Crippen LogP contribution in [0.25, 0.3) is 0 Å². The summed E-state index contributed by atoms with van der Waals surface area (Å²) < 4.78 is 2.33. The van der Waals surface area contributed by atoms with Gasteiger partial charge in [0.1, 0.15) is 0 Å². The van der Waals surface area contributed by atoms with E-state index >= 15 is 0 Å². The summed E-state index contributed by atoms with van der Waals surface area (Å²) in [5.41, 5.74) is -0.144. The van der Waals surface area contributed by atoms with Gasteiger partial charge in [0.05, 0.1) is 22.0 Å². The fourth-order valence-electron chi connectivity index (χ4n) is 4.29. The molecule has 0 saturated heterocycles. The Hall–Kier alpha value is -4.89. The van der Waals surface area contributed by atoms with Crippen LogP contribution in [0.15, 0.2) is 63.4 Å². The largest absolute Gasteiger partial charge is 0.502 e. The lowest BCUT2D eigenvalue weighted by Gasteiger charge is -2.20. The number of benzene rings is 1. The van der Waals surface area contributed by atoms with Gasteiger partial charge in [-0.2, -0.15) is 4.99 Å². The Morgan fingerprint density at radius 3 is 2.09 bits per heavy atom. The van der Waals surface area contributed by atoms with Gasteiger partial charge in [-0.1, -0.05) is 0 Å². The molecule has 244 valence electrons. The number of thiocarbonyl (C=S) groups is 2. The average Bonchev–Trinajstić information content (AvgIpc) is 3.03. The van der Waals surface area contributed by atoms with E-state index in [0.29, 0.717) is 43.3 Å². The van der Waals surface area contributed by atoms with Crippen molar-refractivity contribution in [2.75, 3.05) is 31.5 Å². The van der Waals surface area contributed by atoms with Crippen LogP contribution in [0.1, 0.15) is 40.0 Å². The van der Waals surface area contributed by atoms with Crippen molar-refractivity contribution in [2.24, 2.45) is 19.1 Å². The van der Waals surface area contributed by atoms with E-state index < -0.39 is 34.4 Å². The standard InChI is InChI=1S/C30H36N8O6S2/c1-37-15-10-22(24(39)28(37)43)26(41)32-14-13-31-17-21(35-27(42)23-11-16-38(2)29(44)25(23)40)5-3-4-12-33-30(46)36-20-8-6-19(7-9-20)34-18-45/h6-11,15-16,21,31,39-40H,3-5,12-14,17H2,1-2H3,(H,32,41)(H,35,42)(H2,33,36,46). The van der Waals surface area contributed by atoms with Crippen molar-refractivity contribution in [1.82, 2.24) is 30.4 Å². The topological polar surface area (TPSA) is 191 Å². The first-order valence-corrected chi connectivity index (χ1v) is 15.1. The second kappa shape index (κ2) is 17.6. The minimum absolute atomic E-state index is 0.125. The number of unbranched alkanes of at least 4 members (excludes halogenated alkanes) is 1. The van der Waals surface area contributed by atoms with Crippen LogP contribution in [0.3, 0.4) is 0 Å². The molecule has 2 heterocycles. The highest BCUT2D eigenvalue weighted by Gasteiger charge is 2.19. The van der Waals surface area contributed by atoms with Gasteiger partial charge >= 0.3 is 0 Å². The molecule has 1 atom stereocenters. The SMILES string of the molecule is Cn1ccc(C(=O)NCCNCC(CCCCNC(=S)Nc2ccc(N=C=S)cc2)NC(=O)c2ccn(C)c(=O)c2O)c(O)c1=O. The van der Waals surface area contributed by atoms with Crippen molar-refractivity contribution in [3.63, 3.8) is 0 Å². The van der Waals surface area contributed by atoms with Crippen LogP contribution in [0.5, 0.6) is 11.5 Å². The molecule has 1 aromatic carbocycles. The molecule has 0 aliphatic heterocycles. The van der Waals surface area contributed by atoms with Crippen LogP contribution in [-0.2, 0) is 14.1 Å². The maximum Gasteiger partial charge on any atom is 0.293 e. The second-order valence-corrected chi connectivity index (χ2v) is 10.8. The summed E-state index contributed by atoms with van der Waals surface area (Å²) >= 11 is 9.97. The van der Waals surface area contributed by atoms with E-state index in [2.05, 4.69) is 49.0 Å². The minimum Gasteiger partial charge on any atom is -0.502 e. The summed E-state index contributed by atoms with van der Waals surface area (Å²) in [7, 11) is 2.93. The number of aromatic nitrogens is 2. The van der Waals surface area contributed by atoms with Crippen LogP contribution in [0.2, 0.25) is 0 Å². The van der Waals surface area contributed by atoms with Crippen molar-refractivity contribution in [1.29, 1.82) is 0 Å². The monoisotopic (exact) mass is 668 g/mol. The van der Waals surface area contributed by atoms with Gasteiger partial charge in [0.2, 0.25) is 0 Å². The maximum atomic E-state index is 13.0. The molecule has 0 aliphatic carbocycles. The molecule has 0 aliphatic rings. The number of nitrogens with one attached hydrogen (secondary N) is 5. The number of anilines is 1. The lowest BCUT2D eigenvalue weighted by atomic mass is 10.1. The zero-order valence-corrected chi connectivity index (χ0v) is 27.0. The van der Waals surface area contributed by atoms with Gasteiger partial charge in [-0.25, -0.2) is 0 Å². The Labute approximate surface area is 275 Å². The third kappa shape index (κ3) is 10.3. The Balaban J connectivity index is 1.50. The Bertz CT molecular complexity index is 1720. The summed E-state index contributed by atoms with van der Waals surface area (Å²) in [6.45, 7) is 1.40. The van der Waals surface area contributed by atoms with Crippen LogP contribution < -0.4 is 37.7 Å². The maximum absolute atomic E-state index is 13.0. The highest BCUT2D eigenvalue weighted by atomic mass is 32.1. The van der Waals surface area contributed by atoms with Crippen molar-refractivity contribution in [2.45, 2.75) is 25.3 Å². The fourth-order valence-corrected chi connectivity index (χ4v) is 4.61. The molecular weight excluding hydrogens is 633 g/mol. The number of aliphatic imine (C=N–C) groups is 1. The summed E-state index contributed by atoms with van der Waals surface area (Å²) in [5, 5.41) is 37.9. The van der Waals surface area contributed by atoms with Gasteiger partial charge in [-0.3, -0.25) is 19.2 Å². The number of rotatable bonds is 15. The molecule has 0 saturated carbocycles. The summed E-state index contributed by atoms with van der Waals surface area (Å²) in [6.07, 6.45) is 4.78. The number of pyridine rings is 2. The van der Waals surface area contributed by atoms with Gasteiger partial charge < -0.3 is 45.9 Å². The Kier molecular flexibility index (Phi) is 13.6. The van der Waals surface area contributed by atoms with E-state index in [9.17, 15) is 29.4 Å². The number of isothiocyanates is 1. The first kappa shape index (κ1) is 35.6. The molecule has 1 unspecified atom stereocenters. The molecule has 2 aromatic heterocycles. The quantitative estimate of drug-likeness (QED) is 0.0706. The van der Waals surface area contributed by atoms with E-state index in [0.717, 1.165) is 16.7 Å². The normalized spacial score (nSPS) is 11.2. The third-order valence-corrected chi connectivity index (χ3v) is 7.19. The van der Waals surface area contributed by atoms with E-state index in [4.69, 9.17) is 12.2 Å². The Morgan fingerprint density at radius 1 is 0.870 bits per heavy atom. The van der Waals surface area contributed by atoms with E-state index in [1.807, 2.05) is 12.1 Å². The highest BCUT2D eigenvalue weighted by Crippen LogP contribution is 2.16. The van der Waals surface area contributed by atoms with Crippen LogP contribution in [0, 0.1) is 0 Å². The van der Waals surface area contributed by atoms with Crippen LogP contribution in [-0.4, -0.2) is 73.7 Å². The Morgan fingerprint density at radius 2 is 1.48 bits per heavy atom. The lowest BCUT2D eigenvalue weighted by Crippen LogP contribution is -2.44. The van der Waals surface area contributed by atoms with Gasteiger partial charge in [0.25, 0.3) is 22.9 Å². The molecule has 16 heteroatoms. The molecule has 0 fully saturated rings. The first-order valence-electron chi connectivity index (χ1n) is 14.3. The molecule has 0 spiro atoms. The number of hydrogen-bond acceptors (Lipinski definition) is 10. The van der Waals surface area contributed by atoms with Crippen LogP contribution >= 0.6 is 24.4 Å². The number of aryl methyl sites for hydroxylation is 2. The average molecular weight is 669 g/mol. The van der Waals surface area contributed by atoms with Crippen molar-refractivity contribution in [3.8, 4) is 11.5 Å². The molecule has 7 N–H and O–H groups in total. The molecule has 14 nitrogen and oxygen atoms in total. The fraction of sp³-hybridized carbons (Fsp3) is 0.333. The molecule has 3 rings (SSSR count). The van der Waals surface area contributed by atoms with Gasteiger partial charge in [-0.05, 0) is 80.1 Å². The minimum atomic E-state index is -0.685. The van der Waals surface area contributed by atoms with E-state index in [1.165, 1.54) is 43.2 Å². The van der Waals surface area contributed by atoms with E-state index in [-0.39, 0.29) is 23.7 Å². The highest BCUT2D eigenvalue weighted by molar-refractivity contribution is 7.80. The van der Waals surface area contributed by atoms with Crippen molar-refractivity contribution in [3.05, 3.63) is 80.6 Å². The first-order chi connectivity index (χ1) is 22.0. The number of nitrogens with zero attached hydrogens (tertiary/aromatic N) is 3. The van der Waals surface area contributed by atoms with Gasteiger partial charge in [-0.15, -0.1) is 0 Å². The smallest absolute Gasteiger partial charge is 0.293 e. The second-order valence-electron chi connectivity index (χ2n) is 10.2. The molecule has 2 amide bonds. The van der Waals surface area contributed by atoms with Gasteiger partial charge in [0, 0.05) is 64.4 Å². The number of carbonyl (C=O) groups excluding carboxylic acids is 2. The summed E-state index contributed by atoms with van der Waals surface area (Å²) in [4.78, 5) is 53.3. The zero-order valence-electron chi connectivity index (χ0n) is 25.3. The number of amides is 2. The number of carbonyl (C=O) groups is 2. The predicted octanol–water partition coefficient (Wildman–Crippen LogP) is 1.50. The number of hydrogen-bond donors (Lipinski definition) is 7. The third-order valence-electron chi connectivity index (χ3n) is 6.85. The molecule has 0 bridgehead atoms. The molecule has 0 radical (unpaired) electrons. The summed E-state index contributed by atoms with van der Waals surface area (Å²) in [5.74, 6) is -2.46. The lowest BCUT2D eigenvalue weighted by molar-refractivity contribution is 0.0929. The van der Waals surface area contributed by atoms with Gasteiger partial charge in [0.15, 0.2) is 16.6 Å². The van der Waals surface area contributed by atoms with E-state index in [1.54, 1.807) is 12.1 Å². The predicted molar refractivity (Wildman–Crippen MR) is 182 cm³/mol. The molecule has 3 aromatic rings.